The van der Waals surface area contributed by atoms with Gasteiger partial charge in [-0.2, -0.15) is 0 Å². The molecule has 0 aliphatic heterocycles. The molecular formula is C96H63BClK3N2O6PS2. The number of thiophene rings is 2. The van der Waals surface area contributed by atoms with Crippen molar-refractivity contribution in [3.8, 4) is 95.0 Å². The van der Waals surface area contributed by atoms with E-state index in [9.17, 15) is 0 Å². The first kappa shape index (κ1) is 79.8. The topological polar surface area (TPSA) is 112 Å². The molecule has 16 heteroatoms. The maximum atomic E-state index is 8.87. The van der Waals surface area contributed by atoms with Gasteiger partial charge in [0.05, 0.1) is 26.8 Å². The van der Waals surface area contributed by atoms with Crippen molar-refractivity contribution in [1.82, 2.24) is 9.13 Å². The van der Waals surface area contributed by atoms with Crippen molar-refractivity contribution in [2.24, 2.45) is 0 Å². The largest absolute Gasteiger partial charge is 0.309 e. The molecule has 20 rings (SSSR count). The van der Waals surface area contributed by atoms with Crippen LogP contribution >= 0.6 is 42.5 Å². The number of fused-ring (bicyclic) bond motifs is 12. The molecule has 1 unspecified atom stereocenters. The van der Waals surface area contributed by atoms with Crippen molar-refractivity contribution in [2.45, 2.75) is 0 Å². The zero-order chi connectivity index (χ0) is 75.7. The average molecular weight is 1600 g/mol. The smallest absolute Gasteiger partial charge is 0.0541 e. The molecule has 112 heavy (non-hydrogen) atoms. The van der Waals surface area contributed by atoms with Crippen molar-refractivity contribution in [3.63, 3.8) is 0 Å². The maximum Gasteiger partial charge on any atom is 0.0541 e. The first-order chi connectivity index (χ1) is 54.7. The van der Waals surface area contributed by atoms with Crippen LogP contribution in [0.2, 0.25) is 5.02 Å². The summed E-state index contributed by atoms with van der Waals surface area (Å²) in [5, 5.41) is 28.0. The standard InChI is InChI=1S/C48H31NS.C36H24ClN.C12H8BO2S.3K.HO4P/c1-3-12-32(13-4-1)33-22-24-34(25-23-33)36-28-37(30-38(29-36)40-18-11-19-43-42-17-8-10-21-47(42)50-48(40)43)35-26-27-46-44(31-35)41-16-7-9-20-45(41)49(46)39-14-5-2-6-15-39;37-31-22-29(27-17-15-26(16-18-27)25-9-3-1-4-10-25)21-30(23-31)28-19-20-36-34(24-28)33-13-7-8-14-35(33)38(36)32-11-5-2-6-12-32;14-13-15-10-6-3-5-9-8-4-1-2-7-11(8)16-12(9)10;;;;1-4-5(2)3/h1-31H;1-24H;1-7,14H;;;;1H/q;;;;;+1;/p-1. The molecule has 16 aromatic carbocycles. The monoisotopic (exact) mass is 1600 g/mol. The van der Waals surface area contributed by atoms with E-state index in [1.807, 2.05) is 47.7 Å². The van der Waals surface area contributed by atoms with Gasteiger partial charge >= 0.3 is 130 Å². The Morgan fingerprint density at radius 2 is 0.652 bits per heavy atom. The number of nitrogens with zero attached hydrogens (tertiary/aromatic N) is 2. The summed E-state index contributed by atoms with van der Waals surface area (Å²) in [6, 6.07) is 134. The zero-order valence-electron chi connectivity index (χ0n) is 61.4. The summed E-state index contributed by atoms with van der Waals surface area (Å²) in [7, 11) is -2.43. The van der Waals surface area contributed by atoms with E-state index in [0.717, 1.165) is 45.3 Å². The molecule has 0 fully saturated rings. The number of benzene rings is 16. The van der Waals surface area contributed by atoms with Crippen LogP contribution in [0.4, 0.5) is 0 Å². The molecule has 4 heterocycles. The van der Waals surface area contributed by atoms with Crippen molar-refractivity contribution in [1.29, 1.82) is 0 Å². The Kier molecular flexibility index (Phi) is 26.7. The summed E-state index contributed by atoms with van der Waals surface area (Å²) in [5.74, 6) is 0.696. The number of halogens is 1. The summed E-state index contributed by atoms with van der Waals surface area (Å²) < 4.78 is 26.1. The molecule has 1 radical (unpaired) electrons. The Morgan fingerprint density at radius 1 is 0.330 bits per heavy atom. The van der Waals surface area contributed by atoms with Gasteiger partial charge in [-0.05, 0) is 198 Å². The fraction of sp³-hybridized carbons (Fsp3) is 0. The van der Waals surface area contributed by atoms with Crippen LogP contribution in [0.25, 0.3) is 173 Å². The van der Waals surface area contributed by atoms with Gasteiger partial charge in [0.1, 0.15) is 5.75 Å². The predicted octanol–water partition coefficient (Wildman–Crippen LogP) is 21.8. The Labute approximate surface area is 751 Å². The quantitative estimate of drug-likeness (QED) is 0.0564. The fourth-order valence-corrected chi connectivity index (χ4v) is 17.5. The van der Waals surface area contributed by atoms with E-state index in [2.05, 4.69) is 354 Å². The first-order valence-corrected chi connectivity index (χ1v) is 55.6. The Hall–Kier alpha value is -7.44. The van der Waals surface area contributed by atoms with Crippen LogP contribution in [0.1, 0.15) is 0 Å². The second-order valence-electron chi connectivity index (χ2n) is 26.3. The van der Waals surface area contributed by atoms with E-state index in [4.69, 9.17) is 36.0 Å². The molecule has 8 nitrogen and oxygen atoms in total. The number of rotatable bonds is 12. The van der Waals surface area contributed by atoms with E-state index in [-0.39, 0.29) is 51.4 Å². The minimum Gasteiger partial charge on any atom is -0.309 e. The minimum atomic E-state index is -3.15. The van der Waals surface area contributed by atoms with E-state index < -0.39 is 8.25 Å². The molecule has 0 saturated heterocycles. The van der Waals surface area contributed by atoms with Crippen LogP contribution in [-0.2, 0) is 9.24 Å². The summed E-state index contributed by atoms with van der Waals surface area (Å²) in [4.78, 5) is 8.87. The average Bonchev–Trinajstić information content (AvgIpc) is 1.58. The first-order valence-electron chi connectivity index (χ1n) is 36.5. The number of aromatic nitrogens is 2. The number of hydrogen-bond donors (Lipinski definition) is 1. The van der Waals surface area contributed by atoms with Crippen LogP contribution in [0.5, 0.6) is 5.75 Å². The normalized spacial score (nSPS) is 11.1. The third kappa shape index (κ3) is 17.3. The molecule has 4 aromatic heterocycles. The second-order valence-corrected chi connectivity index (χ2v) is 29.4. The molecule has 523 valence electrons. The van der Waals surface area contributed by atoms with Gasteiger partial charge in [-0.3, -0.25) is 0 Å². The molecule has 0 bridgehead atoms. The van der Waals surface area contributed by atoms with Gasteiger partial charge in [0.15, 0.2) is 0 Å². The van der Waals surface area contributed by atoms with Crippen LogP contribution in [0, 0.1) is 0 Å². The predicted molar refractivity (Wildman–Crippen MR) is 466 cm³/mol. The fourth-order valence-electron chi connectivity index (χ4n) is 14.9. The second kappa shape index (κ2) is 37.4. The third-order valence-electron chi connectivity index (χ3n) is 19.8. The van der Waals surface area contributed by atoms with E-state index in [0.29, 0.717) is 5.75 Å². The molecule has 0 spiro atoms. The molecule has 1 N–H and O–H groups in total. The summed E-state index contributed by atoms with van der Waals surface area (Å²) in [6.07, 6.45) is 0. The molecule has 0 aliphatic carbocycles. The van der Waals surface area contributed by atoms with Gasteiger partial charge in [0, 0.05) is 73.6 Å². The van der Waals surface area contributed by atoms with Gasteiger partial charge < -0.3 is 29.0 Å². The molecule has 0 aliphatic rings. The Balaban J connectivity index is 0.000000140. The van der Waals surface area contributed by atoms with E-state index in [1.54, 1.807) is 11.3 Å². The maximum absolute atomic E-state index is 8.87. The molecule has 0 amide bonds. The SMILES string of the molecule is Clc1cc(-c2ccc(-c3ccccc3)cc2)cc(-c2ccc3c(c2)c2ccccc2n3-c2ccccc2)c1.O=[P+]([O-])O[O-].O[B]Oc1cccc2c1sc1ccccc12.[K+].[K][K].c1ccc(-c2ccc(-c3cc(-c4ccc5c(c4)c4ccccc4n5-c4ccccc4)cc(-c4cccc5c4sc4ccccc45)c3)cc2)cc1. The van der Waals surface area contributed by atoms with Gasteiger partial charge in [-0.15, -0.1) is 22.7 Å². The molecule has 1 atom stereocenters. The van der Waals surface area contributed by atoms with Crippen LogP contribution < -0.4 is 66.2 Å². The van der Waals surface area contributed by atoms with Crippen LogP contribution in [0.3, 0.4) is 0 Å². The Bertz CT molecular complexity index is 6730. The minimum absolute atomic E-state index is 0. The van der Waals surface area contributed by atoms with Gasteiger partial charge in [-0.25, -0.2) is 4.67 Å². The van der Waals surface area contributed by atoms with Gasteiger partial charge in [0.25, 0.3) is 0 Å². The summed E-state index contributed by atoms with van der Waals surface area (Å²) in [5.41, 5.74) is 23.9. The van der Waals surface area contributed by atoms with Crippen LogP contribution in [0.15, 0.2) is 376 Å². The van der Waals surface area contributed by atoms with Crippen LogP contribution in [-0.4, -0.2) is 85.0 Å². The van der Waals surface area contributed by atoms with Crippen molar-refractivity contribution >= 4 is 197 Å². The number of para-hydroxylation sites is 4. The van der Waals surface area contributed by atoms with Gasteiger partial charge in [0.2, 0.25) is 0 Å². The third-order valence-corrected chi connectivity index (χ3v) is 22.6. The number of hydrogen-bond acceptors (Lipinski definition) is 8. The van der Waals surface area contributed by atoms with Crippen molar-refractivity contribution in [2.75, 3.05) is 0 Å². The van der Waals surface area contributed by atoms with E-state index >= 15 is 0 Å². The molecular weight excluding hydrogens is 1540 g/mol. The van der Waals surface area contributed by atoms with Gasteiger partial charge in [-0.1, -0.05) is 272 Å². The summed E-state index contributed by atoms with van der Waals surface area (Å²) in [6.45, 7) is 0. The zero-order valence-corrected chi connectivity index (χ0v) is 74.1. The van der Waals surface area contributed by atoms with Crippen molar-refractivity contribution < 1.29 is 80.5 Å². The summed E-state index contributed by atoms with van der Waals surface area (Å²) >= 11 is 12.7. The van der Waals surface area contributed by atoms with Crippen molar-refractivity contribution in [3.05, 3.63) is 381 Å². The van der Waals surface area contributed by atoms with E-state index in [1.165, 1.54) is 204 Å². The molecule has 20 aromatic rings. The molecule has 0 saturated carbocycles. The Morgan fingerprint density at radius 3 is 1.11 bits per heavy atom.